The molecular weight excluding hydrogens is 378 g/mol. The van der Waals surface area contributed by atoms with Crippen molar-refractivity contribution in [3.8, 4) is 0 Å². The molecule has 1 N–H and O–H groups in total. The van der Waals surface area contributed by atoms with E-state index in [2.05, 4.69) is 32.3 Å². The molecule has 6 heteroatoms. The summed E-state index contributed by atoms with van der Waals surface area (Å²) in [6, 6.07) is 12.1. The molecule has 0 aliphatic heterocycles. The number of likely N-dealkylation sites (N-methyl/N-ethyl adjacent to an activating group) is 1. The Kier molecular flexibility index (Phi) is 8.16. The minimum Gasteiger partial charge on any atom is -1.00 e. The molecule has 0 atom stereocenters. The number of halogens is 1. The van der Waals surface area contributed by atoms with Crippen molar-refractivity contribution in [1.29, 1.82) is 0 Å². The number of ether oxygens (including phenoxy) is 2. The van der Waals surface area contributed by atoms with E-state index in [0.717, 1.165) is 34.0 Å². The number of hydrogen-bond donors (Lipinski definition) is 1. The number of aliphatic hydroxyl groups is 1. The van der Waals surface area contributed by atoms with E-state index in [-0.39, 0.29) is 24.8 Å². The van der Waals surface area contributed by atoms with E-state index in [1.54, 1.807) is 0 Å². The summed E-state index contributed by atoms with van der Waals surface area (Å²) < 4.78 is 11.5. The Labute approximate surface area is 172 Å². The molecule has 0 unspecified atom stereocenters. The molecule has 2 aromatic carbocycles. The number of ketones is 1. The molecule has 0 saturated heterocycles. The van der Waals surface area contributed by atoms with Crippen LogP contribution in [-0.4, -0.2) is 75.6 Å². The third-order valence-corrected chi connectivity index (χ3v) is 4.85. The zero-order valence-electron chi connectivity index (χ0n) is 16.5. The fraction of sp³-hybridized carbons (Fsp3) is 0.409. The van der Waals surface area contributed by atoms with Crippen molar-refractivity contribution in [1.82, 2.24) is 0 Å². The lowest BCUT2D eigenvalue weighted by molar-refractivity contribution is -0.885. The van der Waals surface area contributed by atoms with Crippen LogP contribution in [0.15, 0.2) is 42.0 Å². The molecule has 0 aromatic heterocycles. The van der Waals surface area contributed by atoms with Crippen molar-refractivity contribution < 1.29 is 36.3 Å². The normalized spacial score (nSPS) is 13.4. The highest BCUT2D eigenvalue weighted by Gasteiger charge is 2.27. The molecule has 2 aromatic rings. The van der Waals surface area contributed by atoms with Crippen molar-refractivity contribution >= 4 is 22.6 Å². The van der Waals surface area contributed by atoms with Gasteiger partial charge in [-0.25, -0.2) is 0 Å². The van der Waals surface area contributed by atoms with Gasteiger partial charge in [-0.2, -0.15) is 0 Å². The van der Waals surface area contributed by atoms with Crippen LogP contribution in [0.1, 0.15) is 15.9 Å². The average molecular weight is 406 g/mol. The molecule has 1 aliphatic carbocycles. The number of hydrogen-bond acceptors (Lipinski definition) is 4. The van der Waals surface area contributed by atoms with Crippen LogP contribution in [0, 0.1) is 0 Å². The second-order valence-corrected chi connectivity index (χ2v) is 7.52. The van der Waals surface area contributed by atoms with Gasteiger partial charge in [0.2, 0.25) is 0 Å². The smallest absolute Gasteiger partial charge is 0.195 e. The van der Waals surface area contributed by atoms with E-state index in [1.165, 1.54) is 0 Å². The van der Waals surface area contributed by atoms with Gasteiger partial charge in [0.05, 0.1) is 52.7 Å². The summed E-state index contributed by atoms with van der Waals surface area (Å²) in [6.07, 6.45) is 2.04. The van der Waals surface area contributed by atoms with E-state index in [4.69, 9.17) is 14.6 Å². The lowest BCUT2D eigenvalue weighted by Gasteiger charge is -2.31. The summed E-state index contributed by atoms with van der Waals surface area (Å²) in [5.41, 5.74) is 2.77. The summed E-state index contributed by atoms with van der Waals surface area (Å²) in [5.74, 6) is 0.129. The van der Waals surface area contributed by atoms with E-state index < -0.39 is 0 Å². The maximum absolute atomic E-state index is 13.0. The summed E-state index contributed by atoms with van der Waals surface area (Å²) in [5, 5.41) is 10.8. The SMILES string of the molecule is C[N+](C)(CCOCCOCCO)CC1=Cc2cccc3cccc(c23)C1=O.[Cl-]. The Bertz CT molecular complexity index is 842. The number of Topliss-reactive ketones (excluding diaryl/α,β-unsaturated/α-hetero) is 1. The number of carbonyl (C=O) groups is 1. The van der Waals surface area contributed by atoms with Crippen molar-refractivity contribution in [2.45, 2.75) is 0 Å². The van der Waals surface area contributed by atoms with Crippen LogP contribution in [0.5, 0.6) is 0 Å². The van der Waals surface area contributed by atoms with Gasteiger partial charge in [0, 0.05) is 10.9 Å². The first-order valence-electron chi connectivity index (χ1n) is 9.37. The van der Waals surface area contributed by atoms with Gasteiger partial charge in [-0.1, -0.05) is 36.4 Å². The van der Waals surface area contributed by atoms with Crippen molar-refractivity contribution in [2.75, 3.05) is 60.2 Å². The number of nitrogens with zero attached hydrogens (tertiary/aromatic N) is 1. The van der Waals surface area contributed by atoms with Crippen LogP contribution in [0.25, 0.3) is 16.8 Å². The molecule has 0 amide bonds. The molecule has 0 fully saturated rings. The maximum atomic E-state index is 13.0. The van der Waals surface area contributed by atoms with Crippen LogP contribution in [0.4, 0.5) is 0 Å². The summed E-state index contributed by atoms with van der Waals surface area (Å²) in [6.45, 7) is 3.43. The van der Waals surface area contributed by atoms with Crippen LogP contribution in [0.3, 0.4) is 0 Å². The Morgan fingerprint density at radius 2 is 1.64 bits per heavy atom. The highest BCUT2D eigenvalue weighted by molar-refractivity contribution is 6.22. The van der Waals surface area contributed by atoms with Gasteiger partial charge in [-0.3, -0.25) is 4.79 Å². The summed E-state index contributed by atoms with van der Waals surface area (Å²) in [7, 11) is 4.22. The molecule has 28 heavy (non-hydrogen) atoms. The zero-order valence-corrected chi connectivity index (χ0v) is 17.2. The lowest BCUT2D eigenvalue weighted by Crippen LogP contribution is -3.00. The average Bonchev–Trinajstić information content (AvgIpc) is 2.65. The fourth-order valence-electron chi connectivity index (χ4n) is 3.46. The van der Waals surface area contributed by atoms with E-state index in [1.807, 2.05) is 24.3 Å². The lowest BCUT2D eigenvalue weighted by atomic mass is 9.87. The van der Waals surface area contributed by atoms with Gasteiger partial charge < -0.3 is 31.5 Å². The molecule has 152 valence electrons. The molecule has 0 saturated carbocycles. The van der Waals surface area contributed by atoms with Gasteiger partial charge in [-0.05, 0) is 17.0 Å². The van der Waals surface area contributed by atoms with E-state index >= 15 is 0 Å². The van der Waals surface area contributed by atoms with E-state index in [9.17, 15) is 4.79 Å². The third-order valence-electron chi connectivity index (χ3n) is 4.85. The Hall–Kier alpha value is -1.76. The number of quaternary nitrogens is 1. The summed E-state index contributed by atoms with van der Waals surface area (Å²) >= 11 is 0. The summed E-state index contributed by atoms with van der Waals surface area (Å²) in [4.78, 5) is 13.0. The van der Waals surface area contributed by atoms with E-state index in [0.29, 0.717) is 37.5 Å². The number of carbonyl (C=O) groups excluding carboxylic acids is 1. The number of rotatable bonds is 10. The predicted octanol–water partition coefficient (Wildman–Crippen LogP) is -0.475. The molecular formula is C22H28ClNO4. The van der Waals surface area contributed by atoms with Gasteiger partial charge in [0.1, 0.15) is 13.1 Å². The minimum absolute atomic E-state index is 0. The molecule has 0 radical (unpaired) electrons. The van der Waals surface area contributed by atoms with Crippen molar-refractivity contribution in [3.63, 3.8) is 0 Å². The monoisotopic (exact) mass is 405 g/mol. The first kappa shape index (κ1) is 22.5. The molecule has 0 spiro atoms. The highest BCUT2D eigenvalue weighted by atomic mass is 35.5. The number of benzene rings is 2. The van der Waals surface area contributed by atoms with Gasteiger partial charge in [0.25, 0.3) is 0 Å². The molecule has 3 rings (SSSR count). The van der Waals surface area contributed by atoms with Crippen LogP contribution >= 0.6 is 0 Å². The topological polar surface area (TPSA) is 55.8 Å². The van der Waals surface area contributed by atoms with Gasteiger partial charge in [-0.15, -0.1) is 0 Å². The standard InChI is InChI=1S/C22H28NO4.ClH/c1-23(2,9-11-26-13-14-27-12-10-24)16-19-15-18-7-3-5-17-6-4-8-20(21(17)18)22(19)25;/h3-8,15,24H,9-14,16H2,1-2H3;1H/q+1;/p-1. The maximum Gasteiger partial charge on any atom is 0.195 e. The van der Waals surface area contributed by atoms with Gasteiger partial charge >= 0.3 is 0 Å². The first-order chi connectivity index (χ1) is 13.0. The fourth-order valence-corrected chi connectivity index (χ4v) is 3.46. The second kappa shape index (κ2) is 10.1. The second-order valence-electron chi connectivity index (χ2n) is 7.52. The van der Waals surface area contributed by atoms with Crippen molar-refractivity contribution in [3.05, 3.63) is 53.1 Å². The largest absolute Gasteiger partial charge is 1.00 e. The number of aliphatic hydroxyl groups excluding tert-OH is 1. The van der Waals surface area contributed by atoms with Gasteiger partial charge in [0.15, 0.2) is 5.78 Å². The Morgan fingerprint density at radius 3 is 2.36 bits per heavy atom. The molecule has 5 nitrogen and oxygen atoms in total. The zero-order chi connectivity index (χ0) is 19.3. The molecule has 0 bridgehead atoms. The molecule has 0 heterocycles. The Balaban J connectivity index is 0.00000280. The quantitative estimate of drug-likeness (QED) is 0.429. The first-order valence-corrected chi connectivity index (χ1v) is 9.37. The molecule has 1 aliphatic rings. The van der Waals surface area contributed by atoms with Crippen LogP contribution in [-0.2, 0) is 9.47 Å². The van der Waals surface area contributed by atoms with Crippen LogP contribution < -0.4 is 12.4 Å². The van der Waals surface area contributed by atoms with Crippen LogP contribution in [0.2, 0.25) is 0 Å². The van der Waals surface area contributed by atoms with Crippen molar-refractivity contribution in [2.24, 2.45) is 0 Å². The Morgan fingerprint density at radius 1 is 0.964 bits per heavy atom. The minimum atomic E-state index is 0. The third kappa shape index (κ3) is 5.40. The predicted molar refractivity (Wildman–Crippen MR) is 107 cm³/mol. The highest BCUT2D eigenvalue weighted by Crippen LogP contribution is 2.31.